The summed E-state index contributed by atoms with van der Waals surface area (Å²) in [5.41, 5.74) is 0. The molecular formula is C18H25NaO4S. The van der Waals surface area contributed by atoms with E-state index < -0.39 is 10.1 Å². The Kier molecular flexibility index (Phi) is 12.2. The molecule has 0 heterocycles. The van der Waals surface area contributed by atoms with E-state index >= 15 is 0 Å². The van der Waals surface area contributed by atoms with E-state index in [1.165, 1.54) is 12.8 Å². The first-order valence-electron chi connectivity index (χ1n) is 7.81. The average molecular weight is 360 g/mol. The molecule has 0 aliphatic rings. The van der Waals surface area contributed by atoms with Gasteiger partial charge in [-0.05, 0) is 17.9 Å². The molecule has 0 spiro atoms. The van der Waals surface area contributed by atoms with Crippen molar-refractivity contribution < 1.29 is 17.4 Å². The van der Waals surface area contributed by atoms with Crippen LogP contribution in [0.15, 0.2) is 47.4 Å². The van der Waals surface area contributed by atoms with E-state index in [4.69, 9.17) is 8.98 Å². The summed E-state index contributed by atoms with van der Waals surface area (Å²) in [5.74, 6) is 0. The van der Waals surface area contributed by atoms with Crippen LogP contribution in [-0.4, -0.2) is 51.4 Å². The molecule has 0 saturated heterocycles. The van der Waals surface area contributed by atoms with Gasteiger partial charge in [-0.1, -0.05) is 69.0 Å². The first-order valence-corrected chi connectivity index (χ1v) is 9.22. The van der Waals surface area contributed by atoms with Crippen LogP contribution < -0.4 is 0 Å². The Morgan fingerprint density at radius 1 is 0.917 bits per heavy atom. The maximum absolute atomic E-state index is 12.3. The van der Waals surface area contributed by atoms with Crippen LogP contribution in [0.3, 0.4) is 0 Å². The van der Waals surface area contributed by atoms with Crippen molar-refractivity contribution in [3.8, 4) is 0 Å². The summed E-state index contributed by atoms with van der Waals surface area (Å²) < 4.78 is 29.8. The zero-order chi connectivity index (χ0) is 17.1. The second-order valence-electron chi connectivity index (χ2n) is 5.17. The fourth-order valence-corrected chi connectivity index (χ4v) is 3.52. The third kappa shape index (κ3) is 7.03. The molecule has 4 nitrogen and oxygen atoms in total. The van der Waals surface area contributed by atoms with Crippen LogP contribution in [0.2, 0.25) is 0 Å². The number of benzene rings is 2. The van der Waals surface area contributed by atoms with Crippen molar-refractivity contribution in [3.05, 3.63) is 42.5 Å². The van der Waals surface area contributed by atoms with Gasteiger partial charge in [0.15, 0.2) is 0 Å². The van der Waals surface area contributed by atoms with Crippen LogP contribution in [0.25, 0.3) is 10.8 Å². The number of fused-ring (bicyclic) bond motifs is 1. The molecule has 24 heavy (non-hydrogen) atoms. The topological polar surface area (TPSA) is 60.4 Å². The van der Waals surface area contributed by atoms with Gasteiger partial charge in [0, 0.05) is 5.39 Å². The van der Waals surface area contributed by atoms with Crippen LogP contribution in [0.5, 0.6) is 0 Å². The molecule has 2 rings (SSSR count). The SMILES string of the molecule is C=O.CCCCCCCOS(=O)(=O)c1cccc2ccccc12.[NaH]. The molecule has 0 atom stereocenters. The van der Waals surface area contributed by atoms with E-state index in [9.17, 15) is 8.42 Å². The number of carbonyl (C=O) groups excluding carboxylic acids is 1. The molecular weight excluding hydrogens is 335 g/mol. The van der Waals surface area contributed by atoms with Gasteiger partial charge in [0.25, 0.3) is 10.1 Å². The van der Waals surface area contributed by atoms with Crippen molar-refractivity contribution in [2.45, 2.75) is 43.9 Å². The molecule has 0 saturated carbocycles. The molecule has 2 aromatic rings. The first-order chi connectivity index (χ1) is 11.1. The molecule has 2 aromatic carbocycles. The normalized spacial score (nSPS) is 10.5. The molecule has 128 valence electrons. The predicted molar refractivity (Wildman–Crippen MR) is 100 cm³/mol. The van der Waals surface area contributed by atoms with Crippen LogP contribution in [0.4, 0.5) is 0 Å². The van der Waals surface area contributed by atoms with Crippen LogP contribution in [-0.2, 0) is 19.1 Å². The van der Waals surface area contributed by atoms with Crippen LogP contribution >= 0.6 is 0 Å². The summed E-state index contributed by atoms with van der Waals surface area (Å²) in [4.78, 5) is 8.26. The second-order valence-corrected chi connectivity index (χ2v) is 6.75. The fraction of sp³-hybridized carbons (Fsp3) is 0.389. The third-order valence-corrected chi connectivity index (χ3v) is 4.88. The first kappa shape index (κ1) is 23.3. The summed E-state index contributed by atoms with van der Waals surface area (Å²) in [6.45, 7) is 4.41. The van der Waals surface area contributed by atoms with Gasteiger partial charge < -0.3 is 4.79 Å². The number of hydrogen-bond acceptors (Lipinski definition) is 4. The van der Waals surface area contributed by atoms with Crippen molar-refractivity contribution >= 4 is 57.2 Å². The molecule has 0 radical (unpaired) electrons. The van der Waals surface area contributed by atoms with E-state index in [1.54, 1.807) is 12.1 Å². The van der Waals surface area contributed by atoms with Gasteiger partial charge in [-0.2, -0.15) is 8.42 Å². The summed E-state index contributed by atoms with van der Waals surface area (Å²) in [5, 5.41) is 1.62. The molecule has 0 amide bonds. The van der Waals surface area contributed by atoms with E-state index in [-0.39, 0.29) is 41.1 Å². The molecule has 0 aliphatic carbocycles. The summed E-state index contributed by atoms with van der Waals surface area (Å²) >= 11 is 0. The van der Waals surface area contributed by atoms with Gasteiger partial charge >= 0.3 is 29.6 Å². The van der Waals surface area contributed by atoms with E-state index in [1.807, 2.05) is 37.1 Å². The molecule has 0 fully saturated rings. The standard InChI is InChI=1S/C17H22O3S.CH2O.Na.H/c1-2-3-4-5-8-14-20-21(18,19)17-13-9-11-15-10-6-7-12-16(15)17;1-2;;/h6-7,9-13H,2-5,8,14H2,1H3;1H2;;. The Morgan fingerprint density at radius 3 is 2.25 bits per heavy atom. The summed E-state index contributed by atoms with van der Waals surface area (Å²) in [6, 6.07) is 12.7. The Labute approximate surface area is 167 Å². The summed E-state index contributed by atoms with van der Waals surface area (Å²) in [6.07, 6.45) is 5.29. The molecule has 6 heteroatoms. The minimum absolute atomic E-state index is 0. The van der Waals surface area contributed by atoms with Crippen molar-refractivity contribution in [3.63, 3.8) is 0 Å². The van der Waals surface area contributed by atoms with E-state index in [0.717, 1.165) is 24.6 Å². The number of rotatable bonds is 8. The Morgan fingerprint density at radius 2 is 1.54 bits per heavy atom. The second kappa shape index (κ2) is 12.6. The fourth-order valence-electron chi connectivity index (χ4n) is 2.35. The van der Waals surface area contributed by atoms with Gasteiger partial charge in [0.1, 0.15) is 11.7 Å². The monoisotopic (exact) mass is 360 g/mol. The average Bonchev–Trinajstić information content (AvgIpc) is 2.59. The summed E-state index contributed by atoms with van der Waals surface area (Å²) in [7, 11) is -3.68. The molecule has 0 aliphatic heterocycles. The van der Waals surface area contributed by atoms with Crippen molar-refractivity contribution in [1.82, 2.24) is 0 Å². The van der Waals surface area contributed by atoms with E-state index in [0.29, 0.717) is 5.39 Å². The van der Waals surface area contributed by atoms with Crippen molar-refractivity contribution in [2.24, 2.45) is 0 Å². The number of unbranched alkanes of at least 4 members (excludes halogenated alkanes) is 4. The quantitative estimate of drug-likeness (QED) is 0.409. The van der Waals surface area contributed by atoms with Gasteiger partial charge in [-0.25, -0.2) is 0 Å². The van der Waals surface area contributed by atoms with Crippen LogP contribution in [0.1, 0.15) is 39.0 Å². The maximum atomic E-state index is 12.3. The Balaban J connectivity index is 0.00000170. The molecule has 0 N–H and O–H groups in total. The molecule has 0 unspecified atom stereocenters. The third-order valence-electron chi connectivity index (χ3n) is 3.51. The van der Waals surface area contributed by atoms with Gasteiger partial charge in [0.05, 0.1) is 6.61 Å². The zero-order valence-corrected chi connectivity index (χ0v) is 14.3. The van der Waals surface area contributed by atoms with Crippen LogP contribution in [0, 0.1) is 0 Å². The van der Waals surface area contributed by atoms with Gasteiger partial charge in [-0.3, -0.25) is 4.18 Å². The predicted octanol–water partition coefficient (Wildman–Crippen LogP) is 3.68. The van der Waals surface area contributed by atoms with Gasteiger partial charge in [0.2, 0.25) is 0 Å². The zero-order valence-electron chi connectivity index (χ0n) is 13.5. The Hall–Kier alpha value is -0.720. The van der Waals surface area contributed by atoms with Crippen molar-refractivity contribution in [2.75, 3.05) is 6.61 Å². The minimum atomic E-state index is -3.68. The number of hydrogen-bond donors (Lipinski definition) is 0. The number of carbonyl (C=O) groups is 1. The molecule has 0 aromatic heterocycles. The van der Waals surface area contributed by atoms with E-state index in [2.05, 4.69) is 6.92 Å². The molecule has 0 bridgehead atoms. The van der Waals surface area contributed by atoms with Crippen molar-refractivity contribution in [1.29, 1.82) is 0 Å². The Bertz CT molecular complexity index is 696. The van der Waals surface area contributed by atoms with Gasteiger partial charge in [-0.15, -0.1) is 0 Å².